The van der Waals surface area contributed by atoms with Crippen LogP contribution in [0.25, 0.3) is 22.3 Å². The Morgan fingerprint density at radius 1 is 0.850 bits per heavy atom. The summed E-state index contributed by atoms with van der Waals surface area (Å²) in [7, 11) is 0. The second-order valence-corrected chi connectivity index (χ2v) is 6.16. The first-order chi connectivity index (χ1) is 9.54. The highest BCUT2D eigenvalue weighted by molar-refractivity contribution is 9.10. The molecule has 0 atom stereocenters. The number of hydrogen-bond acceptors (Lipinski definition) is 4. The number of fused-ring (bicyclic) bond motifs is 1. The average Bonchev–Trinajstić information content (AvgIpc) is 2.42. The monoisotopic (exact) mass is 392 g/mol. The molecule has 1 heterocycles. The number of benzene rings is 2. The van der Waals surface area contributed by atoms with Gasteiger partial charge in [0.15, 0.2) is 5.82 Å². The van der Waals surface area contributed by atoms with Crippen LogP contribution >= 0.6 is 31.9 Å². The van der Waals surface area contributed by atoms with E-state index in [9.17, 15) is 0 Å². The molecule has 0 spiro atoms. The van der Waals surface area contributed by atoms with Crippen molar-refractivity contribution in [3.05, 3.63) is 45.3 Å². The second kappa shape index (κ2) is 5.03. The molecule has 0 saturated carbocycles. The van der Waals surface area contributed by atoms with Gasteiger partial charge in [-0.1, -0.05) is 31.9 Å². The molecule has 0 aliphatic rings. The van der Waals surface area contributed by atoms with Gasteiger partial charge in [-0.15, -0.1) is 0 Å². The van der Waals surface area contributed by atoms with E-state index in [4.69, 9.17) is 11.5 Å². The molecule has 0 aliphatic heterocycles. The topological polar surface area (TPSA) is 77.8 Å². The molecule has 4 N–H and O–H groups in total. The van der Waals surface area contributed by atoms with Gasteiger partial charge < -0.3 is 11.5 Å². The Labute approximate surface area is 132 Å². The fraction of sp³-hybridized carbons (Fsp3) is 0. The number of anilines is 2. The smallest absolute Gasteiger partial charge is 0.164 e. The Kier molecular flexibility index (Phi) is 3.35. The zero-order valence-corrected chi connectivity index (χ0v) is 13.4. The first kappa shape index (κ1) is 13.3. The van der Waals surface area contributed by atoms with E-state index in [0.717, 1.165) is 25.4 Å². The van der Waals surface area contributed by atoms with Gasteiger partial charge >= 0.3 is 0 Å². The van der Waals surface area contributed by atoms with Crippen LogP contribution in [0.15, 0.2) is 45.3 Å². The van der Waals surface area contributed by atoms with E-state index in [0.29, 0.717) is 17.3 Å². The molecule has 0 fully saturated rings. The van der Waals surface area contributed by atoms with Gasteiger partial charge in [0.2, 0.25) is 0 Å². The standard InChI is InChI=1S/C14H10Br2N4/c15-7-1-3-11(17)9(5-7)14-19-12-4-2-8(16)6-10(12)13(18)20-14/h1-6H,17H2,(H2,18,19,20). The zero-order valence-electron chi connectivity index (χ0n) is 10.3. The number of halogens is 2. The van der Waals surface area contributed by atoms with E-state index in [1.807, 2.05) is 36.4 Å². The lowest BCUT2D eigenvalue weighted by Gasteiger charge is -2.08. The van der Waals surface area contributed by atoms with Gasteiger partial charge in [0.1, 0.15) is 5.82 Å². The van der Waals surface area contributed by atoms with Crippen molar-refractivity contribution < 1.29 is 0 Å². The molecule has 0 unspecified atom stereocenters. The van der Waals surface area contributed by atoms with Gasteiger partial charge in [-0.3, -0.25) is 0 Å². The van der Waals surface area contributed by atoms with Crippen LogP contribution in [0.1, 0.15) is 0 Å². The van der Waals surface area contributed by atoms with Gasteiger partial charge in [0.25, 0.3) is 0 Å². The van der Waals surface area contributed by atoms with Crippen molar-refractivity contribution in [3.63, 3.8) is 0 Å². The molecule has 0 radical (unpaired) electrons. The molecule has 20 heavy (non-hydrogen) atoms. The van der Waals surface area contributed by atoms with Crippen LogP contribution in [-0.2, 0) is 0 Å². The molecule has 0 amide bonds. The highest BCUT2D eigenvalue weighted by Crippen LogP contribution is 2.30. The third kappa shape index (κ3) is 2.36. The Bertz CT molecular complexity index is 818. The van der Waals surface area contributed by atoms with Gasteiger partial charge in [0, 0.05) is 25.6 Å². The van der Waals surface area contributed by atoms with Gasteiger partial charge in [-0.05, 0) is 36.4 Å². The van der Waals surface area contributed by atoms with Gasteiger partial charge in [-0.2, -0.15) is 0 Å². The Morgan fingerprint density at radius 3 is 2.35 bits per heavy atom. The van der Waals surface area contributed by atoms with Crippen molar-refractivity contribution in [1.29, 1.82) is 0 Å². The van der Waals surface area contributed by atoms with Crippen molar-refractivity contribution in [3.8, 4) is 11.4 Å². The number of hydrogen-bond donors (Lipinski definition) is 2. The summed E-state index contributed by atoms with van der Waals surface area (Å²) in [5.74, 6) is 0.960. The summed E-state index contributed by atoms with van der Waals surface area (Å²) in [5.41, 5.74) is 14.2. The maximum Gasteiger partial charge on any atom is 0.164 e. The van der Waals surface area contributed by atoms with Gasteiger partial charge in [0.05, 0.1) is 5.52 Å². The van der Waals surface area contributed by atoms with Crippen molar-refractivity contribution >= 4 is 54.3 Å². The maximum atomic E-state index is 6.03. The summed E-state index contributed by atoms with van der Waals surface area (Å²) in [5, 5.41) is 0.816. The van der Waals surface area contributed by atoms with Crippen molar-refractivity contribution in [2.45, 2.75) is 0 Å². The lowest BCUT2D eigenvalue weighted by atomic mass is 10.1. The molecule has 3 aromatic rings. The van der Waals surface area contributed by atoms with E-state index < -0.39 is 0 Å². The van der Waals surface area contributed by atoms with Crippen LogP contribution < -0.4 is 11.5 Å². The summed E-state index contributed by atoms with van der Waals surface area (Å²) < 4.78 is 1.86. The predicted octanol–water partition coefficient (Wildman–Crippen LogP) is 3.99. The Morgan fingerprint density at radius 2 is 1.55 bits per heavy atom. The molecule has 2 aromatic carbocycles. The highest BCUT2D eigenvalue weighted by Gasteiger charge is 2.10. The van der Waals surface area contributed by atoms with Crippen LogP contribution in [-0.4, -0.2) is 9.97 Å². The van der Waals surface area contributed by atoms with Crippen molar-refractivity contribution in [2.24, 2.45) is 0 Å². The van der Waals surface area contributed by atoms with Crippen LogP contribution in [0, 0.1) is 0 Å². The largest absolute Gasteiger partial charge is 0.398 e. The molecule has 3 rings (SSSR count). The SMILES string of the molecule is Nc1ccc(Br)cc1-c1nc(N)c2cc(Br)ccc2n1. The van der Waals surface area contributed by atoms with Crippen LogP contribution in [0.5, 0.6) is 0 Å². The minimum absolute atomic E-state index is 0.436. The average molecular weight is 394 g/mol. The summed E-state index contributed by atoms with van der Waals surface area (Å²) in [6.07, 6.45) is 0. The lowest BCUT2D eigenvalue weighted by Crippen LogP contribution is -2.00. The van der Waals surface area contributed by atoms with E-state index >= 15 is 0 Å². The fourth-order valence-corrected chi connectivity index (χ4v) is 2.69. The number of nitrogens with two attached hydrogens (primary N) is 2. The summed E-state index contributed by atoms with van der Waals surface area (Å²) in [6, 6.07) is 11.3. The normalized spacial score (nSPS) is 10.9. The molecule has 0 aliphatic carbocycles. The van der Waals surface area contributed by atoms with Gasteiger partial charge in [-0.25, -0.2) is 9.97 Å². The van der Waals surface area contributed by atoms with Crippen molar-refractivity contribution in [2.75, 3.05) is 11.5 Å². The minimum Gasteiger partial charge on any atom is -0.398 e. The summed E-state index contributed by atoms with van der Waals surface area (Å²) >= 11 is 6.84. The molecule has 0 bridgehead atoms. The first-order valence-electron chi connectivity index (χ1n) is 5.83. The van der Waals surface area contributed by atoms with E-state index in [2.05, 4.69) is 41.8 Å². The molecule has 100 valence electrons. The molecular weight excluding hydrogens is 384 g/mol. The number of nitrogen functional groups attached to an aromatic ring is 2. The number of aromatic nitrogens is 2. The molecule has 4 nitrogen and oxygen atoms in total. The van der Waals surface area contributed by atoms with E-state index in [1.54, 1.807) is 0 Å². The molecular formula is C14H10Br2N4. The predicted molar refractivity (Wildman–Crippen MR) is 89.2 cm³/mol. The third-order valence-corrected chi connectivity index (χ3v) is 3.93. The lowest BCUT2D eigenvalue weighted by molar-refractivity contribution is 1.23. The van der Waals surface area contributed by atoms with Crippen LogP contribution in [0.3, 0.4) is 0 Å². The third-order valence-electron chi connectivity index (χ3n) is 2.94. The van der Waals surface area contributed by atoms with Crippen LogP contribution in [0.4, 0.5) is 11.5 Å². The molecule has 0 saturated heterocycles. The summed E-state index contributed by atoms with van der Waals surface area (Å²) in [4.78, 5) is 8.90. The summed E-state index contributed by atoms with van der Waals surface area (Å²) in [6.45, 7) is 0. The quantitative estimate of drug-likeness (QED) is 0.612. The van der Waals surface area contributed by atoms with Crippen molar-refractivity contribution in [1.82, 2.24) is 9.97 Å². The first-order valence-corrected chi connectivity index (χ1v) is 7.41. The maximum absolute atomic E-state index is 6.03. The zero-order chi connectivity index (χ0) is 14.3. The minimum atomic E-state index is 0.436. The fourth-order valence-electron chi connectivity index (χ4n) is 1.97. The Balaban J connectivity index is 2.27. The second-order valence-electron chi connectivity index (χ2n) is 4.33. The van der Waals surface area contributed by atoms with E-state index in [1.165, 1.54) is 0 Å². The number of nitrogens with zero attached hydrogens (tertiary/aromatic N) is 2. The molecule has 1 aromatic heterocycles. The highest BCUT2D eigenvalue weighted by atomic mass is 79.9. The molecule has 6 heteroatoms. The Hall–Kier alpha value is -1.66. The van der Waals surface area contributed by atoms with E-state index in [-0.39, 0.29) is 0 Å². The number of rotatable bonds is 1. The van der Waals surface area contributed by atoms with Crippen LogP contribution in [0.2, 0.25) is 0 Å².